The number of rotatable bonds is 2. The van der Waals surface area contributed by atoms with Gasteiger partial charge in [-0.1, -0.05) is 6.42 Å². The van der Waals surface area contributed by atoms with Gasteiger partial charge < -0.3 is 5.73 Å². The lowest BCUT2D eigenvalue weighted by Gasteiger charge is -2.25. The number of hydrogen-bond donors (Lipinski definition) is 1. The molecule has 1 aliphatic rings. The summed E-state index contributed by atoms with van der Waals surface area (Å²) in [5.74, 6) is 1.43. The van der Waals surface area contributed by atoms with Gasteiger partial charge in [-0.15, -0.1) is 0 Å². The maximum absolute atomic E-state index is 5.69. The van der Waals surface area contributed by atoms with E-state index in [9.17, 15) is 0 Å². The first-order chi connectivity index (χ1) is 7.24. The molecule has 0 unspecified atom stereocenters. The molecule has 2 N–H and O–H groups in total. The molecular formula is C11H18N4. The first-order valence-electron chi connectivity index (χ1n) is 5.56. The van der Waals surface area contributed by atoms with E-state index in [1.807, 2.05) is 6.92 Å². The monoisotopic (exact) mass is 206 g/mol. The van der Waals surface area contributed by atoms with Gasteiger partial charge in [-0.2, -0.15) is 0 Å². The lowest BCUT2D eigenvalue weighted by Crippen LogP contribution is -2.30. The summed E-state index contributed by atoms with van der Waals surface area (Å²) < 4.78 is 0. The van der Waals surface area contributed by atoms with Crippen molar-refractivity contribution in [3.05, 3.63) is 17.6 Å². The fourth-order valence-electron chi connectivity index (χ4n) is 2.04. The summed E-state index contributed by atoms with van der Waals surface area (Å²) in [6, 6.07) is 1.81. The molecule has 0 saturated carbocycles. The molecule has 0 radical (unpaired) electrons. The molecule has 0 aliphatic carbocycles. The van der Waals surface area contributed by atoms with E-state index >= 15 is 0 Å². The van der Waals surface area contributed by atoms with Crippen LogP contribution in [0.2, 0.25) is 0 Å². The number of nitrogen functional groups attached to an aromatic ring is 1. The van der Waals surface area contributed by atoms with Crippen molar-refractivity contribution in [3.63, 3.8) is 0 Å². The van der Waals surface area contributed by atoms with Gasteiger partial charge in [0.05, 0.1) is 6.54 Å². The minimum Gasteiger partial charge on any atom is -0.384 e. The van der Waals surface area contributed by atoms with Crippen LogP contribution in [0.1, 0.15) is 30.8 Å². The molecule has 82 valence electrons. The first kappa shape index (κ1) is 10.4. The van der Waals surface area contributed by atoms with E-state index in [0.717, 1.165) is 31.2 Å². The van der Waals surface area contributed by atoms with Crippen molar-refractivity contribution in [2.75, 3.05) is 18.8 Å². The minimum atomic E-state index is 0.578. The minimum absolute atomic E-state index is 0.578. The number of likely N-dealkylation sites (tertiary alicyclic amines) is 1. The maximum Gasteiger partial charge on any atom is 0.144 e. The molecular weight excluding hydrogens is 188 g/mol. The van der Waals surface area contributed by atoms with Gasteiger partial charge in [-0.05, 0) is 32.9 Å². The molecule has 2 heterocycles. The van der Waals surface area contributed by atoms with Crippen LogP contribution < -0.4 is 5.73 Å². The highest BCUT2D eigenvalue weighted by Crippen LogP contribution is 2.11. The Labute approximate surface area is 90.5 Å². The summed E-state index contributed by atoms with van der Waals surface area (Å²) in [6.07, 6.45) is 3.94. The molecule has 4 nitrogen and oxygen atoms in total. The van der Waals surface area contributed by atoms with E-state index in [2.05, 4.69) is 14.9 Å². The predicted octanol–water partition coefficient (Wildman–Crippen LogP) is 1.35. The number of hydrogen-bond acceptors (Lipinski definition) is 4. The third kappa shape index (κ3) is 2.89. The molecule has 1 aromatic heterocycles. The van der Waals surface area contributed by atoms with E-state index in [1.165, 1.54) is 19.3 Å². The standard InChI is InChI=1S/C11H18N4/c1-9-7-10(12)14-11(13-9)8-15-5-3-2-4-6-15/h7H,2-6,8H2,1H3,(H2,12,13,14). The Kier molecular flexibility index (Phi) is 3.16. The zero-order valence-electron chi connectivity index (χ0n) is 9.24. The number of piperidine rings is 1. The molecule has 1 saturated heterocycles. The molecule has 1 aromatic rings. The van der Waals surface area contributed by atoms with E-state index in [0.29, 0.717) is 5.82 Å². The van der Waals surface area contributed by atoms with Crippen molar-refractivity contribution in [3.8, 4) is 0 Å². The summed E-state index contributed by atoms with van der Waals surface area (Å²) in [4.78, 5) is 11.0. The molecule has 0 spiro atoms. The van der Waals surface area contributed by atoms with E-state index in [1.54, 1.807) is 6.07 Å². The molecule has 0 atom stereocenters. The number of aryl methyl sites for hydroxylation is 1. The van der Waals surface area contributed by atoms with Gasteiger partial charge in [0, 0.05) is 11.8 Å². The van der Waals surface area contributed by atoms with Gasteiger partial charge in [-0.25, -0.2) is 9.97 Å². The largest absolute Gasteiger partial charge is 0.384 e. The molecule has 0 bridgehead atoms. The van der Waals surface area contributed by atoms with Crippen molar-refractivity contribution in [1.82, 2.24) is 14.9 Å². The zero-order chi connectivity index (χ0) is 10.7. The van der Waals surface area contributed by atoms with Gasteiger partial charge in [-0.3, -0.25) is 4.90 Å². The van der Waals surface area contributed by atoms with Crippen LogP contribution in [0.5, 0.6) is 0 Å². The second kappa shape index (κ2) is 4.57. The van der Waals surface area contributed by atoms with Crippen LogP contribution >= 0.6 is 0 Å². The van der Waals surface area contributed by atoms with Gasteiger partial charge in [0.25, 0.3) is 0 Å². The number of nitrogens with zero attached hydrogens (tertiary/aromatic N) is 3. The van der Waals surface area contributed by atoms with Crippen LogP contribution in [0.3, 0.4) is 0 Å². The summed E-state index contributed by atoms with van der Waals surface area (Å²) in [5.41, 5.74) is 6.65. The van der Waals surface area contributed by atoms with Gasteiger partial charge in [0.15, 0.2) is 0 Å². The Hall–Kier alpha value is -1.16. The van der Waals surface area contributed by atoms with Crippen molar-refractivity contribution in [2.24, 2.45) is 0 Å². The summed E-state index contributed by atoms with van der Waals surface area (Å²) in [7, 11) is 0. The van der Waals surface area contributed by atoms with Crippen molar-refractivity contribution in [2.45, 2.75) is 32.7 Å². The summed E-state index contributed by atoms with van der Waals surface area (Å²) in [6.45, 7) is 5.12. The lowest BCUT2D eigenvalue weighted by molar-refractivity contribution is 0.216. The van der Waals surface area contributed by atoms with E-state index in [4.69, 9.17) is 5.73 Å². The van der Waals surface area contributed by atoms with Crippen LogP contribution in [0, 0.1) is 6.92 Å². The highest BCUT2D eigenvalue weighted by Gasteiger charge is 2.12. The molecule has 0 amide bonds. The van der Waals surface area contributed by atoms with Crippen molar-refractivity contribution < 1.29 is 0 Å². The van der Waals surface area contributed by atoms with Crippen LogP contribution in [0.25, 0.3) is 0 Å². The third-order valence-electron chi connectivity index (χ3n) is 2.73. The topological polar surface area (TPSA) is 55.0 Å². The molecule has 1 aliphatic heterocycles. The molecule has 0 aromatic carbocycles. The average Bonchev–Trinajstić information content (AvgIpc) is 2.17. The quantitative estimate of drug-likeness (QED) is 0.793. The SMILES string of the molecule is Cc1cc(N)nc(CN2CCCCC2)n1. The van der Waals surface area contributed by atoms with E-state index in [-0.39, 0.29) is 0 Å². The predicted molar refractivity (Wildman–Crippen MR) is 60.3 cm³/mol. The highest BCUT2D eigenvalue weighted by atomic mass is 15.1. The van der Waals surface area contributed by atoms with Gasteiger partial charge >= 0.3 is 0 Å². The molecule has 2 rings (SSSR count). The summed E-state index contributed by atoms with van der Waals surface area (Å²) >= 11 is 0. The van der Waals surface area contributed by atoms with Crippen LogP contribution in [-0.4, -0.2) is 28.0 Å². The Morgan fingerprint density at radius 2 is 2.00 bits per heavy atom. The van der Waals surface area contributed by atoms with Gasteiger partial charge in [0.2, 0.25) is 0 Å². The lowest BCUT2D eigenvalue weighted by atomic mass is 10.1. The number of aromatic nitrogens is 2. The second-order valence-electron chi connectivity index (χ2n) is 4.19. The van der Waals surface area contributed by atoms with Crippen molar-refractivity contribution in [1.29, 1.82) is 0 Å². The molecule has 4 heteroatoms. The number of anilines is 1. The zero-order valence-corrected chi connectivity index (χ0v) is 9.24. The normalized spacial score (nSPS) is 17.9. The first-order valence-corrected chi connectivity index (χ1v) is 5.56. The fourth-order valence-corrected chi connectivity index (χ4v) is 2.04. The summed E-state index contributed by atoms with van der Waals surface area (Å²) in [5, 5.41) is 0. The van der Waals surface area contributed by atoms with Crippen LogP contribution in [0.15, 0.2) is 6.07 Å². The fraction of sp³-hybridized carbons (Fsp3) is 0.636. The Morgan fingerprint density at radius 1 is 1.27 bits per heavy atom. The molecule has 1 fully saturated rings. The third-order valence-corrected chi connectivity index (χ3v) is 2.73. The Bertz CT molecular complexity index is 311. The van der Waals surface area contributed by atoms with Crippen LogP contribution in [-0.2, 0) is 6.54 Å². The second-order valence-corrected chi connectivity index (χ2v) is 4.19. The highest BCUT2D eigenvalue weighted by molar-refractivity contribution is 5.29. The van der Waals surface area contributed by atoms with E-state index < -0.39 is 0 Å². The Balaban J connectivity index is 2.02. The van der Waals surface area contributed by atoms with Crippen molar-refractivity contribution >= 4 is 5.82 Å². The number of nitrogens with two attached hydrogens (primary N) is 1. The van der Waals surface area contributed by atoms with Crippen LogP contribution in [0.4, 0.5) is 5.82 Å². The molecule has 15 heavy (non-hydrogen) atoms. The Morgan fingerprint density at radius 3 is 2.67 bits per heavy atom. The van der Waals surface area contributed by atoms with Gasteiger partial charge in [0.1, 0.15) is 11.6 Å². The maximum atomic E-state index is 5.69. The smallest absolute Gasteiger partial charge is 0.144 e. The average molecular weight is 206 g/mol.